The molecule has 11 heteroatoms. The molecule has 1 aliphatic heterocycles. The number of fused-ring (bicyclic) bond motifs is 3. The van der Waals surface area contributed by atoms with E-state index < -0.39 is 23.7 Å². The molecule has 2 aromatic carbocycles. The number of hydrogen-bond donors (Lipinski definition) is 1. The van der Waals surface area contributed by atoms with Crippen LogP contribution in [0.1, 0.15) is 50.9 Å². The summed E-state index contributed by atoms with van der Waals surface area (Å²) in [7, 11) is 0. The van der Waals surface area contributed by atoms with Crippen molar-refractivity contribution in [3.63, 3.8) is 0 Å². The van der Waals surface area contributed by atoms with Gasteiger partial charge in [0.25, 0.3) is 5.56 Å². The lowest BCUT2D eigenvalue weighted by Crippen LogP contribution is -2.17. The minimum Gasteiger partial charge on any atom is -0.478 e. The number of carbonyl (C=O) groups is 2. The van der Waals surface area contributed by atoms with Crippen LogP contribution in [0.25, 0.3) is 22.2 Å². The van der Waals surface area contributed by atoms with Crippen LogP contribution in [0.3, 0.4) is 0 Å². The van der Waals surface area contributed by atoms with Crippen LogP contribution < -0.4 is 5.56 Å². The van der Waals surface area contributed by atoms with Crippen LogP contribution in [0.5, 0.6) is 0 Å². The zero-order valence-corrected chi connectivity index (χ0v) is 20.9. The van der Waals surface area contributed by atoms with Crippen molar-refractivity contribution in [2.75, 3.05) is 6.61 Å². The summed E-state index contributed by atoms with van der Waals surface area (Å²) in [5.74, 6) is -1.81. The average Bonchev–Trinajstić information content (AvgIpc) is 3.49. The first-order valence-electron chi connectivity index (χ1n) is 12.4. The molecule has 0 aliphatic carbocycles. The predicted octanol–water partition coefficient (Wildman–Crippen LogP) is 4.95. The van der Waals surface area contributed by atoms with Gasteiger partial charge in [0.15, 0.2) is 5.65 Å². The summed E-state index contributed by atoms with van der Waals surface area (Å²) in [4.78, 5) is 43.0. The van der Waals surface area contributed by atoms with Crippen molar-refractivity contribution < 1.29 is 32.6 Å². The lowest BCUT2D eigenvalue weighted by Gasteiger charge is -2.16. The number of carboxylic acid groups (broad SMARTS) is 1. The van der Waals surface area contributed by atoms with Gasteiger partial charge in [-0.05, 0) is 61.6 Å². The molecule has 0 amide bonds. The zero-order chi connectivity index (χ0) is 27.9. The maximum Gasteiger partial charge on any atom is 0.416 e. The Hall–Kier alpha value is -4.41. The average molecular weight is 540 g/mol. The Morgan fingerprint density at radius 3 is 2.28 bits per heavy atom. The van der Waals surface area contributed by atoms with Crippen molar-refractivity contribution in [3.05, 3.63) is 86.8 Å². The first-order chi connectivity index (χ1) is 18.6. The monoisotopic (exact) mass is 539 g/mol. The Bertz CT molecular complexity index is 1640. The topological polar surface area (TPSA) is 103 Å². The maximum absolute atomic E-state index is 13.5. The summed E-state index contributed by atoms with van der Waals surface area (Å²) in [5, 5.41) is 9.57. The molecule has 0 saturated carbocycles. The highest BCUT2D eigenvalue weighted by atomic mass is 19.4. The molecule has 3 heterocycles. The third-order valence-electron chi connectivity index (χ3n) is 6.81. The molecular weight excluding hydrogens is 515 g/mol. The van der Waals surface area contributed by atoms with Crippen LogP contribution in [0.4, 0.5) is 13.2 Å². The molecule has 1 N–H and O–H groups in total. The third kappa shape index (κ3) is 4.80. The van der Waals surface area contributed by atoms with E-state index in [0.29, 0.717) is 41.1 Å². The summed E-state index contributed by atoms with van der Waals surface area (Å²) < 4.78 is 47.7. The zero-order valence-electron chi connectivity index (χ0n) is 20.9. The van der Waals surface area contributed by atoms with Gasteiger partial charge in [0.1, 0.15) is 0 Å². The standard InChI is InChI=1S/C28H24F3N3O5/c1-2-39-27(38)22-20(13-6-16-4-11-19(12-5-16)28(29,30)31)32-24-23(25(35)34-15-3-14-33(24)34)21(22)17-7-9-18(10-8-17)26(36)37/h4-5,7-12H,2-3,6,13-15H2,1H3,(H,36,37). The van der Waals surface area contributed by atoms with Crippen LogP contribution in [0.2, 0.25) is 0 Å². The minimum atomic E-state index is -4.45. The summed E-state index contributed by atoms with van der Waals surface area (Å²) in [6.45, 7) is 2.76. The molecule has 0 atom stereocenters. The fourth-order valence-electron chi connectivity index (χ4n) is 4.98. The van der Waals surface area contributed by atoms with Crippen LogP contribution in [0.15, 0.2) is 53.3 Å². The first-order valence-corrected chi connectivity index (χ1v) is 12.4. The van der Waals surface area contributed by atoms with Crippen molar-refractivity contribution in [3.8, 4) is 11.1 Å². The molecule has 202 valence electrons. The fraction of sp³-hybridized carbons (Fsp3) is 0.286. The van der Waals surface area contributed by atoms with Gasteiger partial charge < -0.3 is 9.84 Å². The Labute approximate surface area is 220 Å². The summed E-state index contributed by atoms with van der Waals surface area (Å²) in [5.41, 5.74) is 1.16. The fourth-order valence-corrected chi connectivity index (χ4v) is 4.98. The molecule has 1 aliphatic rings. The van der Waals surface area contributed by atoms with Crippen molar-refractivity contribution in [2.45, 2.75) is 45.5 Å². The van der Waals surface area contributed by atoms with E-state index in [2.05, 4.69) is 0 Å². The number of rotatable bonds is 7. The van der Waals surface area contributed by atoms with E-state index in [1.54, 1.807) is 16.3 Å². The largest absolute Gasteiger partial charge is 0.478 e. The summed E-state index contributed by atoms with van der Waals surface area (Å²) in [6, 6.07) is 10.6. The Morgan fingerprint density at radius 2 is 1.67 bits per heavy atom. The van der Waals surface area contributed by atoms with E-state index in [-0.39, 0.29) is 41.5 Å². The van der Waals surface area contributed by atoms with Crippen molar-refractivity contribution >= 4 is 23.0 Å². The van der Waals surface area contributed by atoms with E-state index >= 15 is 0 Å². The molecule has 0 bridgehead atoms. The molecule has 0 saturated heterocycles. The number of hydrogen-bond acceptors (Lipinski definition) is 5. The van der Waals surface area contributed by atoms with Gasteiger partial charge in [-0.2, -0.15) is 13.2 Å². The third-order valence-corrected chi connectivity index (χ3v) is 6.81. The van der Waals surface area contributed by atoms with Crippen LogP contribution in [-0.4, -0.2) is 38.0 Å². The Kier molecular flexibility index (Phi) is 6.75. The number of ether oxygens (including phenoxy) is 1. The molecule has 0 fully saturated rings. The van der Waals surface area contributed by atoms with Gasteiger partial charge in [-0.3, -0.25) is 9.48 Å². The number of alkyl halides is 3. The van der Waals surface area contributed by atoms with Gasteiger partial charge in [-0.15, -0.1) is 0 Å². The number of benzene rings is 2. The van der Waals surface area contributed by atoms with Crippen molar-refractivity contribution in [1.29, 1.82) is 0 Å². The second-order valence-corrected chi connectivity index (χ2v) is 9.21. The molecule has 8 nitrogen and oxygen atoms in total. The van der Waals surface area contributed by atoms with Gasteiger partial charge >= 0.3 is 18.1 Å². The van der Waals surface area contributed by atoms with E-state index in [1.807, 2.05) is 0 Å². The lowest BCUT2D eigenvalue weighted by molar-refractivity contribution is -0.137. The molecule has 5 rings (SSSR count). The molecule has 39 heavy (non-hydrogen) atoms. The molecule has 2 aromatic heterocycles. The van der Waals surface area contributed by atoms with E-state index in [4.69, 9.17) is 9.72 Å². The van der Waals surface area contributed by atoms with Crippen LogP contribution >= 0.6 is 0 Å². The molecule has 0 unspecified atom stereocenters. The number of carboxylic acids is 1. The van der Waals surface area contributed by atoms with Gasteiger partial charge in [0.2, 0.25) is 0 Å². The highest BCUT2D eigenvalue weighted by Gasteiger charge is 2.31. The second-order valence-electron chi connectivity index (χ2n) is 9.21. The Balaban J connectivity index is 1.69. The number of esters is 1. The number of aryl methyl sites for hydroxylation is 3. The van der Waals surface area contributed by atoms with E-state index in [0.717, 1.165) is 18.6 Å². The summed E-state index contributed by atoms with van der Waals surface area (Å²) >= 11 is 0. The molecule has 0 spiro atoms. The van der Waals surface area contributed by atoms with Gasteiger partial charge in [0, 0.05) is 18.7 Å². The van der Waals surface area contributed by atoms with Crippen LogP contribution in [0, 0.1) is 0 Å². The highest BCUT2D eigenvalue weighted by molar-refractivity contribution is 6.07. The minimum absolute atomic E-state index is 0.0420. The normalized spacial score (nSPS) is 13.0. The number of aromatic carboxylic acids is 1. The van der Waals surface area contributed by atoms with Crippen molar-refractivity contribution in [2.24, 2.45) is 0 Å². The highest BCUT2D eigenvalue weighted by Crippen LogP contribution is 2.35. The number of nitrogens with zero attached hydrogens (tertiary/aromatic N) is 3. The number of aromatic nitrogens is 3. The van der Waals surface area contributed by atoms with E-state index in [9.17, 15) is 32.7 Å². The maximum atomic E-state index is 13.5. The summed E-state index contributed by atoms with van der Waals surface area (Å²) in [6.07, 6.45) is -3.23. The SMILES string of the molecule is CCOC(=O)c1c(CCc2ccc(C(F)(F)F)cc2)nc2c(c1-c1ccc(C(=O)O)cc1)c(=O)n1n2CCC1. The smallest absolute Gasteiger partial charge is 0.416 e. The lowest BCUT2D eigenvalue weighted by atomic mass is 9.93. The second kappa shape index (κ2) is 10.0. The van der Waals surface area contributed by atoms with Gasteiger partial charge in [-0.25, -0.2) is 19.3 Å². The van der Waals surface area contributed by atoms with Crippen LogP contribution in [-0.2, 0) is 36.8 Å². The predicted molar refractivity (Wildman–Crippen MR) is 136 cm³/mol. The Morgan fingerprint density at radius 1 is 1.00 bits per heavy atom. The van der Waals surface area contributed by atoms with Gasteiger partial charge in [0.05, 0.1) is 34.4 Å². The number of halogens is 3. The molecule has 0 radical (unpaired) electrons. The quantitative estimate of drug-likeness (QED) is 0.334. The number of carbonyl (C=O) groups excluding carboxylic acids is 1. The van der Waals surface area contributed by atoms with Gasteiger partial charge in [-0.1, -0.05) is 24.3 Å². The van der Waals surface area contributed by atoms with E-state index in [1.165, 1.54) is 36.4 Å². The number of pyridine rings is 1. The molecule has 4 aromatic rings. The molecular formula is C28H24F3N3O5. The van der Waals surface area contributed by atoms with Crippen molar-refractivity contribution in [1.82, 2.24) is 14.3 Å². The first kappa shape index (κ1) is 26.2.